The molecular formula is C49H99N3O2. The maximum absolute atomic E-state index is 12.7. The third kappa shape index (κ3) is 43.6. The van der Waals surface area contributed by atoms with Crippen LogP contribution < -0.4 is 10.6 Å². The van der Waals surface area contributed by atoms with Gasteiger partial charge in [-0.25, -0.2) is 0 Å². The summed E-state index contributed by atoms with van der Waals surface area (Å²) in [5, 5.41) is 6.25. The van der Waals surface area contributed by atoms with Crippen molar-refractivity contribution >= 4 is 11.8 Å². The fourth-order valence-corrected chi connectivity index (χ4v) is 7.83. The van der Waals surface area contributed by atoms with Crippen LogP contribution in [-0.4, -0.2) is 43.5 Å². The summed E-state index contributed by atoms with van der Waals surface area (Å²) in [6, 6.07) is 0. The van der Waals surface area contributed by atoms with Crippen LogP contribution in [-0.2, 0) is 9.59 Å². The molecule has 0 fully saturated rings. The highest BCUT2D eigenvalue weighted by atomic mass is 16.2. The third-order valence-electron chi connectivity index (χ3n) is 11.6. The Morgan fingerprint density at radius 3 is 0.759 bits per heavy atom. The van der Waals surface area contributed by atoms with Crippen LogP contribution in [0.3, 0.4) is 0 Å². The Hall–Kier alpha value is -1.10. The lowest BCUT2D eigenvalue weighted by atomic mass is 10.0. The highest BCUT2D eigenvalue weighted by Crippen LogP contribution is 2.17. The van der Waals surface area contributed by atoms with E-state index in [0.717, 1.165) is 38.6 Å². The Morgan fingerprint density at radius 1 is 0.352 bits per heavy atom. The van der Waals surface area contributed by atoms with Crippen molar-refractivity contribution in [3.8, 4) is 0 Å². The molecule has 0 unspecified atom stereocenters. The van der Waals surface area contributed by atoms with Crippen molar-refractivity contribution < 1.29 is 9.59 Å². The van der Waals surface area contributed by atoms with Crippen LogP contribution >= 0.6 is 0 Å². The maximum Gasteiger partial charge on any atom is 0.221 e. The van der Waals surface area contributed by atoms with Gasteiger partial charge in [-0.1, -0.05) is 245 Å². The lowest BCUT2D eigenvalue weighted by molar-refractivity contribution is -0.124. The molecule has 2 amide bonds. The largest absolute Gasteiger partial charge is 0.336 e. The lowest BCUT2D eigenvalue weighted by Gasteiger charge is -2.22. The number of carbonyl (C=O) groups excluding carboxylic acids is 2. The van der Waals surface area contributed by atoms with Gasteiger partial charge >= 0.3 is 0 Å². The second kappa shape index (κ2) is 44.6. The Kier molecular flexibility index (Phi) is 43.7. The van der Waals surface area contributed by atoms with Crippen LogP contribution in [0.1, 0.15) is 277 Å². The van der Waals surface area contributed by atoms with Gasteiger partial charge < -0.3 is 15.5 Å². The quantitative estimate of drug-likeness (QED) is 0.0480. The van der Waals surface area contributed by atoms with Crippen molar-refractivity contribution in [2.75, 3.05) is 20.6 Å². The summed E-state index contributed by atoms with van der Waals surface area (Å²) >= 11 is 0. The Labute approximate surface area is 339 Å². The molecule has 54 heavy (non-hydrogen) atoms. The first-order valence-corrected chi connectivity index (χ1v) is 24.7. The zero-order chi connectivity index (χ0) is 39.4. The minimum atomic E-state index is -0.270. The van der Waals surface area contributed by atoms with Gasteiger partial charge in [0.2, 0.25) is 11.8 Å². The number of hydrogen-bond acceptors (Lipinski definition) is 3. The molecule has 0 aliphatic heterocycles. The monoisotopic (exact) mass is 762 g/mol. The number of nitrogens with one attached hydrogen (secondary N) is 2. The van der Waals surface area contributed by atoms with E-state index < -0.39 is 0 Å². The minimum absolute atomic E-state index is 0.0783. The first-order valence-electron chi connectivity index (χ1n) is 24.7. The highest BCUT2D eigenvalue weighted by Gasteiger charge is 2.15. The summed E-state index contributed by atoms with van der Waals surface area (Å²) in [4.78, 5) is 27.6. The predicted octanol–water partition coefficient (Wildman–Crippen LogP) is 15.1. The smallest absolute Gasteiger partial charge is 0.221 e. The molecule has 5 nitrogen and oxygen atoms in total. The molecule has 0 aliphatic carbocycles. The SMILES string of the molecule is CCCCCCCCCCCCCCCCCCCCCC(=O)NC(CCN(C)C)NC(=O)CCCCCCCCCCCCCCCCCCCCC. The third-order valence-corrected chi connectivity index (χ3v) is 11.6. The van der Waals surface area contributed by atoms with E-state index in [9.17, 15) is 9.59 Å². The average Bonchev–Trinajstić information content (AvgIpc) is 3.15. The summed E-state index contributed by atoms with van der Waals surface area (Å²) in [6.45, 7) is 5.42. The van der Waals surface area contributed by atoms with Gasteiger partial charge in [-0.15, -0.1) is 0 Å². The normalized spacial score (nSPS) is 11.6. The van der Waals surface area contributed by atoms with E-state index in [4.69, 9.17) is 0 Å². The van der Waals surface area contributed by atoms with Gasteiger partial charge in [0.15, 0.2) is 0 Å². The highest BCUT2D eigenvalue weighted by molar-refractivity contribution is 5.79. The standard InChI is InChI=1S/C49H99N3O2/c1-5-7-9-11-13-15-17-19-21-23-25-27-29-31-33-35-37-39-41-43-48(53)50-47(45-46-52(3)4)51-49(54)44-42-40-38-36-34-32-30-28-26-24-22-20-18-16-14-12-10-8-6-2/h47H,5-46H2,1-4H3,(H,50,53)(H,51,54). The Bertz CT molecular complexity index is 701. The van der Waals surface area contributed by atoms with Gasteiger partial charge in [0, 0.05) is 19.4 Å². The molecule has 0 radical (unpaired) electrons. The van der Waals surface area contributed by atoms with E-state index in [1.807, 2.05) is 14.1 Å². The van der Waals surface area contributed by atoms with Gasteiger partial charge in [0.05, 0.1) is 0 Å². The topological polar surface area (TPSA) is 61.4 Å². The minimum Gasteiger partial charge on any atom is -0.336 e. The van der Waals surface area contributed by atoms with Crippen LogP contribution in [0.5, 0.6) is 0 Å². The van der Waals surface area contributed by atoms with Crippen molar-refractivity contribution in [3.63, 3.8) is 0 Å². The lowest BCUT2D eigenvalue weighted by Crippen LogP contribution is -2.49. The maximum atomic E-state index is 12.7. The van der Waals surface area contributed by atoms with Crippen LogP contribution in [0.2, 0.25) is 0 Å². The summed E-state index contributed by atoms with van der Waals surface area (Å²) in [6.07, 6.45) is 53.2. The molecule has 5 heteroatoms. The summed E-state index contributed by atoms with van der Waals surface area (Å²) < 4.78 is 0. The van der Waals surface area contributed by atoms with E-state index in [2.05, 4.69) is 29.4 Å². The number of carbonyl (C=O) groups is 2. The molecular weight excluding hydrogens is 663 g/mol. The fourth-order valence-electron chi connectivity index (χ4n) is 7.83. The molecule has 0 saturated heterocycles. The van der Waals surface area contributed by atoms with E-state index in [0.29, 0.717) is 12.8 Å². The summed E-state index contributed by atoms with van der Waals surface area (Å²) in [7, 11) is 4.08. The molecule has 0 saturated carbocycles. The van der Waals surface area contributed by atoms with Crippen molar-refractivity contribution in [2.45, 2.75) is 283 Å². The fraction of sp³-hybridized carbons (Fsp3) is 0.959. The summed E-state index contributed by atoms with van der Waals surface area (Å²) in [5.74, 6) is 0.157. The molecule has 0 aromatic rings. The molecule has 322 valence electrons. The predicted molar refractivity (Wildman–Crippen MR) is 239 cm³/mol. The molecule has 0 rings (SSSR count). The van der Waals surface area contributed by atoms with Gasteiger partial charge in [0.25, 0.3) is 0 Å². The zero-order valence-electron chi connectivity index (χ0n) is 37.5. The van der Waals surface area contributed by atoms with Crippen LogP contribution in [0.25, 0.3) is 0 Å². The van der Waals surface area contributed by atoms with Gasteiger partial charge in [0.1, 0.15) is 6.17 Å². The zero-order valence-corrected chi connectivity index (χ0v) is 37.5. The number of hydrogen-bond donors (Lipinski definition) is 2. The molecule has 0 aliphatic rings. The van der Waals surface area contributed by atoms with Crippen LogP contribution in [0, 0.1) is 0 Å². The number of rotatable bonds is 45. The molecule has 0 aromatic carbocycles. The average molecular weight is 762 g/mol. The van der Waals surface area contributed by atoms with Crippen molar-refractivity contribution in [2.24, 2.45) is 0 Å². The molecule has 2 N–H and O–H groups in total. The van der Waals surface area contributed by atoms with Crippen molar-refractivity contribution in [1.82, 2.24) is 15.5 Å². The van der Waals surface area contributed by atoms with E-state index >= 15 is 0 Å². The van der Waals surface area contributed by atoms with E-state index in [1.165, 1.54) is 218 Å². The van der Waals surface area contributed by atoms with Gasteiger partial charge in [-0.05, 0) is 33.4 Å². The number of amides is 2. The second-order valence-electron chi connectivity index (χ2n) is 17.5. The number of unbranched alkanes of at least 4 members (excludes halogenated alkanes) is 36. The molecule has 0 spiro atoms. The van der Waals surface area contributed by atoms with Crippen LogP contribution in [0.15, 0.2) is 0 Å². The molecule has 0 heterocycles. The summed E-state index contributed by atoms with van der Waals surface area (Å²) in [5.41, 5.74) is 0. The van der Waals surface area contributed by atoms with E-state index in [1.54, 1.807) is 0 Å². The van der Waals surface area contributed by atoms with Crippen LogP contribution in [0.4, 0.5) is 0 Å². The Morgan fingerprint density at radius 2 is 0.556 bits per heavy atom. The van der Waals surface area contributed by atoms with Crippen molar-refractivity contribution in [1.29, 1.82) is 0 Å². The second-order valence-corrected chi connectivity index (χ2v) is 17.5. The molecule has 0 atom stereocenters. The number of nitrogens with zero attached hydrogens (tertiary/aromatic N) is 1. The Balaban J connectivity index is 3.71. The molecule has 0 aromatic heterocycles. The van der Waals surface area contributed by atoms with Gasteiger partial charge in [-0.3, -0.25) is 9.59 Å². The molecule has 0 bridgehead atoms. The van der Waals surface area contributed by atoms with Gasteiger partial charge in [-0.2, -0.15) is 0 Å². The van der Waals surface area contributed by atoms with E-state index in [-0.39, 0.29) is 18.0 Å². The first-order chi connectivity index (χ1) is 26.5. The van der Waals surface area contributed by atoms with Crippen molar-refractivity contribution in [3.05, 3.63) is 0 Å². The first kappa shape index (κ1) is 52.9.